The predicted molar refractivity (Wildman–Crippen MR) is 90.3 cm³/mol. The van der Waals surface area contributed by atoms with Crippen LogP contribution in [0.25, 0.3) is 0 Å². The number of pyridine rings is 1. The van der Waals surface area contributed by atoms with Crippen LogP contribution in [0.15, 0.2) is 18.3 Å². The van der Waals surface area contributed by atoms with E-state index in [0.29, 0.717) is 44.5 Å². The van der Waals surface area contributed by atoms with Crippen molar-refractivity contribution in [2.75, 3.05) is 37.6 Å². The Kier molecular flexibility index (Phi) is 6.26. The van der Waals surface area contributed by atoms with E-state index in [1.54, 1.807) is 0 Å². The zero-order valence-electron chi connectivity index (χ0n) is 14.8. The van der Waals surface area contributed by atoms with Crippen molar-refractivity contribution in [3.63, 3.8) is 0 Å². The number of hydrogen-bond acceptors (Lipinski definition) is 4. The van der Waals surface area contributed by atoms with E-state index in [0.717, 1.165) is 12.3 Å². The molecule has 0 spiro atoms. The maximum Gasteiger partial charge on any atom is 0.417 e. The first-order chi connectivity index (χ1) is 11.7. The predicted octanol–water partition coefficient (Wildman–Crippen LogP) is 2.38. The third kappa shape index (κ3) is 5.59. The van der Waals surface area contributed by atoms with Crippen LogP contribution in [-0.4, -0.2) is 54.6 Å². The Morgan fingerprint density at radius 2 is 1.84 bits per heavy atom. The van der Waals surface area contributed by atoms with Gasteiger partial charge in [-0.2, -0.15) is 13.2 Å². The minimum atomic E-state index is -4.37. The maximum absolute atomic E-state index is 12.6. The largest absolute Gasteiger partial charge is 0.417 e. The molecule has 1 aromatic rings. The second kappa shape index (κ2) is 8.03. The van der Waals surface area contributed by atoms with Gasteiger partial charge in [0.05, 0.1) is 12.1 Å². The molecule has 1 amide bonds. The second-order valence-electron chi connectivity index (χ2n) is 6.77. The molecule has 0 unspecified atom stereocenters. The minimum Gasteiger partial charge on any atom is -0.354 e. The van der Waals surface area contributed by atoms with E-state index in [4.69, 9.17) is 0 Å². The number of nitrogens with zero attached hydrogens (tertiary/aromatic N) is 3. The SMILES string of the molecule is CC(C)[C@H](C)NC(=O)CN1CCN(c2ccc(C(F)(F)F)cn2)CC1. The second-order valence-corrected chi connectivity index (χ2v) is 6.77. The van der Waals surface area contributed by atoms with Crippen LogP contribution in [0, 0.1) is 5.92 Å². The quantitative estimate of drug-likeness (QED) is 0.878. The fourth-order valence-corrected chi connectivity index (χ4v) is 2.55. The molecule has 1 fully saturated rings. The Morgan fingerprint density at radius 3 is 2.32 bits per heavy atom. The summed E-state index contributed by atoms with van der Waals surface area (Å²) in [5, 5.41) is 2.98. The molecule has 0 radical (unpaired) electrons. The lowest BCUT2D eigenvalue weighted by Crippen LogP contribution is -2.51. The fraction of sp³-hybridized carbons (Fsp3) is 0.647. The third-order valence-corrected chi connectivity index (χ3v) is 4.53. The average molecular weight is 358 g/mol. The lowest BCUT2D eigenvalue weighted by atomic mass is 10.1. The molecule has 1 aliphatic rings. The van der Waals surface area contributed by atoms with E-state index in [1.807, 2.05) is 16.7 Å². The maximum atomic E-state index is 12.6. The Labute approximate surface area is 146 Å². The summed E-state index contributed by atoms with van der Waals surface area (Å²) in [6.45, 7) is 9.04. The van der Waals surface area contributed by atoms with Crippen LogP contribution in [0.1, 0.15) is 26.3 Å². The summed E-state index contributed by atoms with van der Waals surface area (Å²) >= 11 is 0. The zero-order chi connectivity index (χ0) is 18.6. The molecule has 1 saturated heterocycles. The Hall–Kier alpha value is -1.83. The lowest BCUT2D eigenvalue weighted by molar-refractivity contribution is -0.137. The van der Waals surface area contributed by atoms with Crippen LogP contribution in [0.5, 0.6) is 0 Å². The number of alkyl halides is 3. The van der Waals surface area contributed by atoms with Crippen LogP contribution in [0.3, 0.4) is 0 Å². The van der Waals surface area contributed by atoms with Gasteiger partial charge >= 0.3 is 6.18 Å². The van der Waals surface area contributed by atoms with E-state index in [9.17, 15) is 18.0 Å². The molecule has 0 aliphatic carbocycles. The standard InChI is InChI=1S/C17H25F3N4O/c1-12(2)13(3)22-16(25)11-23-6-8-24(9-7-23)15-5-4-14(10-21-15)17(18,19)20/h4-5,10,12-13H,6-9,11H2,1-3H3,(H,22,25)/t13-/m0/s1. The van der Waals surface area contributed by atoms with Crippen molar-refractivity contribution in [2.24, 2.45) is 5.92 Å². The van der Waals surface area contributed by atoms with E-state index in [2.05, 4.69) is 24.1 Å². The van der Waals surface area contributed by atoms with Crippen LogP contribution in [0.4, 0.5) is 19.0 Å². The summed E-state index contributed by atoms with van der Waals surface area (Å²) in [5.41, 5.74) is -0.745. The number of amides is 1. The van der Waals surface area contributed by atoms with Gasteiger partial charge in [0.25, 0.3) is 0 Å². The van der Waals surface area contributed by atoms with Gasteiger partial charge in [-0.05, 0) is 25.0 Å². The van der Waals surface area contributed by atoms with Gasteiger partial charge in [-0.15, -0.1) is 0 Å². The zero-order valence-corrected chi connectivity index (χ0v) is 14.8. The average Bonchev–Trinajstić information content (AvgIpc) is 2.54. The number of nitrogens with one attached hydrogen (secondary N) is 1. The molecule has 1 N–H and O–H groups in total. The highest BCUT2D eigenvalue weighted by Gasteiger charge is 2.31. The number of halogens is 3. The molecule has 0 bridgehead atoms. The number of rotatable bonds is 5. The Balaban J connectivity index is 1.82. The van der Waals surface area contributed by atoms with Crippen molar-refractivity contribution in [3.8, 4) is 0 Å². The Morgan fingerprint density at radius 1 is 1.20 bits per heavy atom. The summed E-state index contributed by atoms with van der Waals surface area (Å²) in [6, 6.07) is 2.58. The van der Waals surface area contributed by atoms with Gasteiger partial charge in [0.2, 0.25) is 5.91 Å². The molecular formula is C17H25F3N4O. The molecule has 0 aromatic carbocycles. The number of carbonyl (C=O) groups is 1. The lowest BCUT2D eigenvalue weighted by Gasteiger charge is -2.35. The van der Waals surface area contributed by atoms with Gasteiger partial charge in [0.1, 0.15) is 5.82 Å². The van der Waals surface area contributed by atoms with E-state index >= 15 is 0 Å². The van der Waals surface area contributed by atoms with Gasteiger partial charge in [-0.3, -0.25) is 9.69 Å². The molecule has 2 rings (SSSR count). The molecule has 8 heteroatoms. The molecule has 0 saturated carbocycles. The highest BCUT2D eigenvalue weighted by Crippen LogP contribution is 2.29. The van der Waals surface area contributed by atoms with Crippen molar-refractivity contribution in [1.82, 2.24) is 15.2 Å². The summed E-state index contributed by atoms with van der Waals surface area (Å²) < 4.78 is 37.7. The van der Waals surface area contributed by atoms with Crippen molar-refractivity contribution in [1.29, 1.82) is 0 Å². The summed E-state index contributed by atoms with van der Waals surface area (Å²) in [5.74, 6) is 0.916. The molecule has 1 atom stereocenters. The molecule has 25 heavy (non-hydrogen) atoms. The van der Waals surface area contributed by atoms with Crippen LogP contribution < -0.4 is 10.2 Å². The first-order valence-corrected chi connectivity index (χ1v) is 8.46. The number of piperazine rings is 1. The van der Waals surface area contributed by atoms with Crippen molar-refractivity contribution in [2.45, 2.75) is 33.0 Å². The van der Waals surface area contributed by atoms with Gasteiger partial charge in [0, 0.05) is 38.4 Å². The smallest absolute Gasteiger partial charge is 0.354 e. The van der Waals surface area contributed by atoms with Gasteiger partial charge in [-0.25, -0.2) is 4.98 Å². The summed E-state index contributed by atoms with van der Waals surface area (Å²) in [7, 11) is 0. The van der Waals surface area contributed by atoms with Gasteiger partial charge in [0.15, 0.2) is 0 Å². The van der Waals surface area contributed by atoms with Crippen LogP contribution >= 0.6 is 0 Å². The number of aromatic nitrogens is 1. The highest BCUT2D eigenvalue weighted by atomic mass is 19.4. The Bertz CT molecular complexity index is 566. The van der Waals surface area contributed by atoms with E-state index in [-0.39, 0.29) is 11.9 Å². The molecule has 1 aromatic heterocycles. The molecule has 1 aliphatic heterocycles. The molecule has 2 heterocycles. The summed E-state index contributed by atoms with van der Waals surface area (Å²) in [4.78, 5) is 19.9. The molecular weight excluding hydrogens is 333 g/mol. The van der Waals surface area contributed by atoms with Crippen molar-refractivity contribution >= 4 is 11.7 Å². The van der Waals surface area contributed by atoms with Gasteiger partial charge < -0.3 is 10.2 Å². The number of hydrogen-bond donors (Lipinski definition) is 1. The highest BCUT2D eigenvalue weighted by molar-refractivity contribution is 5.78. The van der Waals surface area contributed by atoms with Crippen molar-refractivity contribution in [3.05, 3.63) is 23.9 Å². The third-order valence-electron chi connectivity index (χ3n) is 4.53. The van der Waals surface area contributed by atoms with Gasteiger partial charge in [-0.1, -0.05) is 13.8 Å². The molecule has 5 nitrogen and oxygen atoms in total. The number of anilines is 1. The van der Waals surface area contributed by atoms with E-state index in [1.165, 1.54) is 6.07 Å². The summed E-state index contributed by atoms with van der Waals surface area (Å²) in [6.07, 6.45) is -3.51. The normalized spacial score (nSPS) is 17.6. The van der Waals surface area contributed by atoms with E-state index < -0.39 is 11.7 Å². The number of carbonyl (C=O) groups excluding carboxylic acids is 1. The minimum absolute atomic E-state index is 0.00213. The monoisotopic (exact) mass is 358 g/mol. The first-order valence-electron chi connectivity index (χ1n) is 8.46. The topological polar surface area (TPSA) is 48.5 Å². The van der Waals surface area contributed by atoms with Crippen LogP contribution in [-0.2, 0) is 11.0 Å². The fourth-order valence-electron chi connectivity index (χ4n) is 2.55. The molecule has 140 valence electrons. The van der Waals surface area contributed by atoms with Crippen LogP contribution in [0.2, 0.25) is 0 Å². The van der Waals surface area contributed by atoms with Crippen molar-refractivity contribution < 1.29 is 18.0 Å². The first kappa shape index (κ1) is 19.5.